The molecule has 0 aliphatic heterocycles. The van der Waals surface area contributed by atoms with Gasteiger partial charge in [-0.05, 0) is 48.0 Å². The second-order valence-electron chi connectivity index (χ2n) is 5.33. The van der Waals surface area contributed by atoms with E-state index in [-0.39, 0.29) is 5.56 Å². The molecule has 0 saturated carbocycles. The Balaban J connectivity index is 1.77. The van der Waals surface area contributed by atoms with Crippen molar-refractivity contribution in [2.24, 2.45) is 0 Å². The Labute approximate surface area is 151 Å². The lowest BCUT2D eigenvalue weighted by Crippen LogP contribution is -2.23. The number of hydrogen-bond donors (Lipinski definition) is 0. The number of rotatable bonds is 3. The molecule has 5 nitrogen and oxygen atoms in total. The van der Waals surface area contributed by atoms with Crippen molar-refractivity contribution in [1.29, 1.82) is 0 Å². The van der Waals surface area contributed by atoms with Gasteiger partial charge in [-0.25, -0.2) is 0 Å². The lowest BCUT2D eigenvalue weighted by Gasteiger charge is -1.99. The number of benzene rings is 2. The third-order valence-electron chi connectivity index (χ3n) is 3.68. The molecule has 0 saturated heterocycles. The number of nitrogens with zero attached hydrogens (tertiary/aromatic N) is 3. The quantitative estimate of drug-likeness (QED) is 0.557. The molecule has 4 rings (SSSR count). The second-order valence-corrected chi connectivity index (χ2v) is 6.77. The highest BCUT2D eigenvalue weighted by Gasteiger charge is 2.12. The first-order valence-corrected chi connectivity index (χ1v) is 8.65. The normalized spacial score (nSPS) is 12.0. The topological polar surface area (TPSA) is 56.5 Å². The number of methoxy groups -OCH3 is 1. The number of hydrogen-bond acceptors (Lipinski definition) is 5. The Morgan fingerprint density at radius 3 is 2.68 bits per heavy atom. The Bertz CT molecular complexity index is 1170. The van der Waals surface area contributed by atoms with Crippen LogP contribution in [-0.2, 0) is 0 Å². The van der Waals surface area contributed by atoms with Crippen molar-refractivity contribution in [2.75, 3.05) is 7.11 Å². The molecule has 0 aliphatic rings. The number of fused-ring (bicyclic) bond motifs is 1. The van der Waals surface area contributed by atoms with E-state index in [1.54, 1.807) is 25.3 Å². The van der Waals surface area contributed by atoms with Crippen LogP contribution in [0.25, 0.3) is 22.4 Å². The number of aromatic nitrogens is 3. The molecule has 0 aliphatic carbocycles. The Morgan fingerprint density at radius 2 is 2.00 bits per heavy atom. The fourth-order valence-electron chi connectivity index (χ4n) is 2.44. The fourth-order valence-corrected chi connectivity index (χ4v) is 3.55. The summed E-state index contributed by atoms with van der Waals surface area (Å²) in [7, 11) is 1.61. The van der Waals surface area contributed by atoms with Crippen LogP contribution in [0.2, 0.25) is 5.02 Å². The first-order valence-electron chi connectivity index (χ1n) is 7.45. The first kappa shape index (κ1) is 15.8. The first-order chi connectivity index (χ1) is 12.1. The fraction of sp³-hybridized carbons (Fsp3) is 0.0556. The predicted octanol–water partition coefficient (Wildman–Crippen LogP) is 3.03. The van der Waals surface area contributed by atoms with Gasteiger partial charge in [0, 0.05) is 10.6 Å². The summed E-state index contributed by atoms with van der Waals surface area (Å²) in [6.07, 6.45) is 1.79. The van der Waals surface area contributed by atoms with Crippen LogP contribution < -0.4 is 14.8 Å². The Morgan fingerprint density at radius 1 is 1.20 bits per heavy atom. The molecule has 4 aromatic rings. The number of halogens is 1. The zero-order chi connectivity index (χ0) is 17.4. The second kappa shape index (κ2) is 6.31. The zero-order valence-electron chi connectivity index (χ0n) is 13.1. The van der Waals surface area contributed by atoms with Gasteiger partial charge in [-0.3, -0.25) is 4.79 Å². The van der Waals surface area contributed by atoms with E-state index >= 15 is 0 Å². The van der Waals surface area contributed by atoms with Crippen LogP contribution in [0.1, 0.15) is 5.56 Å². The average molecular weight is 370 g/mol. The summed E-state index contributed by atoms with van der Waals surface area (Å²) in [5.41, 5.74) is 1.51. The minimum absolute atomic E-state index is 0.188. The van der Waals surface area contributed by atoms with Crippen LogP contribution >= 0.6 is 22.9 Å². The minimum Gasteiger partial charge on any atom is -0.497 e. The molecule has 0 spiro atoms. The van der Waals surface area contributed by atoms with Gasteiger partial charge < -0.3 is 4.74 Å². The van der Waals surface area contributed by atoms with Gasteiger partial charge in [-0.2, -0.15) is 9.50 Å². The molecule has 0 bridgehead atoms. The van der Waals surface area contributed by atoms with E-state index in [9.17, 15) is 4.79 Å². The molecule has 2 heterocycles. The van der Waals surface area contributed by atoms with E-state index in [1.165, 1.54) is 15.9 Å². The maximum absolute atomic E-state index is 12.5. The number of thiazole rings is 1. The summed E-state index contributed by atoms with van der Waals surface area (Å²) in [5.74, 6) is 1.27. The summed E-state index contributed by atoms with van der Waals surface area (Å²) in [6.45, 7) is 0. The van der Waals surface area contributed by atoms with E-state index in [2.05, 4.69) is 10.1 Å². The summed E-state index contributed by atoms with van der Waals surface area (Å²) in [6, 6.07) is 14.7. The SMILES string of the molecule is COc1ccc(-c2nc3sc(=Cc4cccc(Cl)c4)c(=O)n3n2)cc1. The minimum atomic E-state index is -0.188. The molecule has 7 heteroatoms. The molecule has 0 radical (unpaired) electrons. The van der Waals surface area contributed by atoms with Crippen LogP contribution in [0.5, 0.6) is 5.75 Å². The van der Waals surface area contributed by atoms with Crippen LogP contribution in [0.15, 0.2) is 53.3 Å². The largest absolute Gasteiger partial charge is 0.497 e. The van der Waals surface area contributed by atoms with Gasteiger partial charge in [0.05, 0.1) is 11.6 Å². The molecule has 0 fully saturated rings. The summed E-state index contributed by atoms with van der Waals surface area (Å²) in [4.78, 5) is 17.6. The van der Waals surface area contributed by atoms with Crippen molar-refractivity contribution >= 4 is 34.0 Å². The zero-order valence-corrected chi connectivity index (χ0v) is 14.7. The van der Waals surface area contributed by atoms with Crippen LogP contribution in [-0.4, -0.2) is 21.7 Å². The van der Waals surface area contributed by atoms with Crippen LogP contribution in [0.4, 0.5) is 0 Å². The van der Waals surface area contributed by atoms with Gasteiger partial charge in [0.25, 0.3) is 5.56 Å². The monoisotopic (exact) mass is 369 g/mol. The highest BCUT2D eigenvalue weighted by molar-refractivity contribution is 7.15. The molecule has 25 heavy (non-hydrogen) atoms. The maximum Gasteiger partial charge on any atom is 0.291 e. The van der Waals surface area contributed by atoms with Crippen molar-refractivity contribution in [2.45, 2.75) is 0 Å². The van der Waals surface area contributed by atoms with Gasteiger partial charge in [0.1, 0.15) is 5.75 Å². The standard InChI is InChI=1S/C18H12ClN3O2S/c1-24-14-7-5-12(6-8-14)16-20-18-22(21-16)17(23)15(25-18)10-11-3-2-4-13(19)9-11/h2-10H,1H3. The predicted molar refractivity (Wildman–Crippen MR) is 99.4 cm³/mol. The molecular weight excluding hydrogens is 358 g/mol. The average Bonchev–Trinajstić information content (AvgIpc) is 3.15. The highest BCUT2D eigenvalue weighted by Crippen LogP contribution is 2.20. The van der Waals surface area contributed by atoms with Crippen molar-refractivity contribution < 1.29 is 4.74 Å². The smallest absolute Gasteiger partial charge is 0.291 e. The van der Waals surface area contributed by atoms with Gasteiger partial charge in [0.15, 0.2) is 5.82 Å². The lowest BCUT2D eigenvalue weighted by atomic mass is 10.2. The maximum atomic E-state index is 12.5. The van der Waals surface area contributed by atoms with E-state index in [1.807, 2.05) is 36.4 Å². The molecular formula is C18H12ClN3O2S. The van der Waals surface area contributed by atoms with Gasteiger partial charge in [-0.1, -0.05) is 35.1 Å². The highest BCUT2D eigenvalue weighted by atomic mass is 35.5. The van der Waals surface area contributed by atoms with Gasteiger partial charge in [0.2, 0.25) is 4.96 Å². The van der Waals surface area contributed by atoms with E-state index < -0.39 is 0 Å². The summed E-state index contributed by atoms with van der Waals surface area (Å²) < 4.78 is 7.04. The Hall–Kier alpha value is -2.70. The van der Waals surface area contributed by atoms with E-state index in [0.717, 1.165) is 16.9 Å². The van der Waals surface area contributed by atoms with Gasteiger partial charge in [-0.15, -0.1) is 5.10 Å². The third kappa shape index (κ3) is 3.01. The van der Waals surface area contributed by atoms with Crippen molar-refractivity contribution in [3.63, 3.8) is 0 Å². The molecule has 0 unspecified atom stereocenters. The number of ether oxygens (including phenoxy) is 1. The van der Waals surface area contributed by atoms with E-state index in [4.69, 9.17) is 16.3 Å². The summed E-state index contributed by atoms with van der Waals surface area (Å²) in [5, 5.41) is 4.96. The molecule has 2 aromatic carbocycles. The summed E-state index contributed by atoms with van der Waals surface area (Å²) >= 11 is 7.29. The van der Waals surface area contributed by atoms with Crippen LogP contribution in [0, 0.1) is 0 Å². The van der Waals surface area contributed by atoms with Crippen LogP contribution in [0.3, 0.4) is 0 Å². The molecule has 0 atom stereocenters. The van der Waals surface area contributed by atoms with Crippen molar-refractivity contribution in [1.82, 2.24) is 14.6 Å². The molecule has 124 valence electrons. The molecule has 0 N–H and O–H groups in total. The molecule has 2 aromatic heterocycles. The van der Waals surface area contributed by atoms with E-state index in [0.29, 0.717) is 20.3 Å². The van der Waals surface area contributed by atoms with Gasteiger partial charge >= 0.3 is 0 Å². The molecule has 0 amide bonds. The lowest BCUT2D eigenvalue weighted by molar-refractivity contribution is 0.415. The van der Waals surface area contributed by atoms with Crippen molar-refractivity contribution in [3.8, 4) is 17.1 Å². The Kier molecular flexibility index (Phi) is 3.99. The third-order valence-corrected chi connectivity index (χ3v) is 4.87. The van der Waals surface area contributed by atoms with Crippen molar-refractivity contribution in [3.05, 3.63) is 74.0 Å².